The minimum atomic E-state index is -0.671. The van der Waals surface area contributed by atoms with Crippen molar-refractivity contribution in [2.24, 2.45) is 5.92 Å². The smallest absolute Gasteiger partial charge is 0.253 e. The minimum absolute atomic E-state index is 0.0436. The van der Waals surface area contributed by atoms with Crippen LogP contribution in [0.4, 0.5) is 10.1 Å². The van der Waals surface area contributed by atoms with E-state index in [0.29, 0.717) is 43.4 Å². The number of piperidine rings is 1. The van der Waals surface area contributed by atoms with Crippen LogP contribution in [0.3, 0.4) is 0 Å². The molecule has 5 rings (SSSR count). The third kappa shape index (κ3) is 7.06. The normalized spacial score (nSPS) is 20.6. The Morgan fingerprint density at radius 1 is 1.25 bits per heavy atom. The van der Waals surface area contributed by atoms with Crippen LogP contribution in [0, 0.1) is 11.7 Å². The Labute approximate surface area is 231 Å². The predicted octanol–water partition coefficient (Wildman–Crippen LogP) is 2.92. The molecule has 40 heavy (non-hydrogen) atoms. The second-order valence-corrected chi connectivity index (χ2v) is 9.84. The topological polar surface area (TPSA) is 117 Å². The highest BCUT2D eigenvalue weighted by molar-refractivity contribution is 5.94. The van der Waals surface area contributed by atoms with Gasteiger partial charge >= 0.3 is 0 Å². The number of halogens is 1. The molecule has 11 nitrogen and oxygen atoms in total. The van der Waals surface area contributed by atoms with Gasteiger partial charge < -0.3 is 29.2 Å². The van der Waals surface area contributed by atoms with Crippen molar-refractivity contribution in [1.82, 2.24) is 19.7 Å². The average molecular weight is 554 g/mol. The van der Waals surface area contributed by atoms with Gasteiger partial charge in [0, 0.05) is 43.9 Å². The lowest BCUT2D eigenvalue weighted by atomic mass is 9.99. The van der Waals surface area contributed by atoms with Crippen molar-refractivity contribution < 1.29 is 32.9 Å². The minimum Gasteiger partial charge on any atom is -0.490 e. The SMILES string of the molecule is COc1cc(O[C@@H]2CO[C@@H](C(=O)Nc3cnn(CC(=O)N4CCCC(COc5ccccc5F)C4)c3)C2)ccn1. The largest absolute Gasteiger partial charge is 0.490 e. The summed E-state index contributed by atoms with van der Waals surface area (Å²) in [6, 6.07) is 9.69. The number of para-hydroxylation sites is 1. The Bertz CT molecular complexity index is 1320. The molecule has 0 radical (unpaired) electrons. The molecule has 0 aliphatic carbocycles. The zero-order chi connectivity index (χ0) is 27.9. The van der Waals surface area contributed by atoms with E-state index in [4.69, 9.17) is 18.9 Å². The highest BCUT2D eigenvalue weighted by atomic mass is 19.1. The molecule has 1 aromatic carbocycles. The third-order valence-electron chi connectivity index (χ3n) is 6.85. The number of methoxy groups -OCH3 is 1. The molecule has 0 bridgehead atoms. The van der Waals surface area contributed by atoms with Crippen LogP contribution in [0.1, 0.15) is 19.3 Å². The van der Waals surface area contributed by atoms with Gasteiger partial charge in [-0.3, -0.25) is 14.3 Å². The summed E-state index contributed by atoms with van der Waals surface area (Å²) in [6.45, 7) is 1.84. The number of rotatable bonds is 10. The standard InChI is InChI=1S/C28H32FN5O6/c1-37-26-12-21(8-9-30-26)40-22-11-25(39-18-22)28(36)32-20-13-31-34(15-20)16-27(35)33-10-4-5-19(14-33)17-38-24-7-3-2-6-23(24)29/h2-3,6-9,12-13,15,19,22,25H,4-5,10-11,14,16-18H2,1H3,(H,32,36)/t19?,22-,25+/m0/s1. The average Bonchev–Trinajstić information content (AvgIpc) is 3.62. The Morgan fingerprint density at radius 2 is 2.12 bits per heavy atom. The number of carbonyl (C=O) groups is 2. The molecule has 3 aromatic rings. The van der Waals surface area contributed by atoms with Crippen LogP contribution in [-0.4, -0.2) is 77.1 Å². The molecule has 4 heterocycles. The van der Waals surface area contributed by atoms with Gasteiger partial charge in [0.1, 0.15) is 24.5 Å². The Morgan fingerprint density at radius 3 is 2.98 bits per heavy atom. The van der Waals surface area contributed by atoms with Crippen LogP contribution in [0.2, 0.25) is 0 Å². The van der Waals surface area contributed by atoms with Crippen molar-refractivity contribution in [3.63, 3.8) is 0 Å². The van der Waals surface area contributed by atoms with Crippen molar-refractivity contribution >= 4 is 17.5 Å². The van der Waals surface area contributed by atoms with Gasteiger partial charge in [-0.1, -0.05) is 12.1 Å². The molecule has 12 heteroatoms. The molecule has 2 amide bonds. The fourth-order valence-electron chi connectivity index (χ4n) is 4.80. The summed E-state index contributed by atoms with van der Waals surface area (Å²) in [7, 11) is 1.53. The van der Waals surface area contributed by atoms with Crippen LogP contribution in [0.15, 0.2) is 55.0 Å². The van der Waals surface area contributed by atoms with Crippen LogP contribution < -0.4 is 19.5 Å². The van der Waals surface area contributed by atoms with Crippen LogP contribution in [0.5, 0.6) is 17.4 Å². The molecule has 212 valence electrons. The van der Waals surface area contributed by atoms with Gasteiger partial charge in [0.25, 0.3) is 5.91 Å². The van der Waals surface area contributed by atoms with Crippen molar-refractivity contribution in [2.75, 3.05) is 38.7 Å². The second kappa shape index (κ2) is 12.8. The van der Waals surface area contributed by atoms with E-state index < -0.39 is 11.9 Å². The summed E-state index contributed by atoms with van der Waals surface area (Å²) in [5.74, 6) is 0.579. The Balaban J connectivity index is 1.07. The van der Waals surface area contributed by atoms with Crippen molar-refractivity contribution in [2.45, 2.75) is 38.0 Å². The maximum Gasteiger partial charge on any atom is 0.253 e. The molecular formula is C28H32FN5O6. The summed E-state index contributed by atoms with van der Waals surface area (Å²) in [6.07, 6.45) is 5.89. The summed E-state index contributed by atoms with van der Waals surface area (Å²) >= 11 is 0. The number of carbonyl (C=O) groups excluding carboxylic acids is 2. The number of benzene rings is 1. The van der Waals surface area contributed by atoms with E-state index in [9.17, 15) is 14.0 Å². The highest BCUT2D eigenvalue weighted by Gasteiger charge is 2.33. The molecule has 0 spiro atoms. The highest BCUT2D eigenvalue weighted by Crippen LogP contribution is 2.24. The van der Waals surface area contributed by atoms with Gasteiger partial charge in [0.15, 0.2) is 11.6 Å². The fourth-order valence-corrected chi connectivity index (χ4v) is 4.80. The Hall–Kier alpha value is -4.19. The quantitative estimate of drug-likeness (QED) is 0.407. The van der Waals surface area contributed by atoms with Crippen LogP contribution >= 0.6 is 0 Å². The zero-order valence-electron chi connectivity index (χ0n) is 22.2. The summed E-state index contributed by atoms with van der Waals surface area (Å²) in [5, 5.41) is 7.03. The number of likely N-dealkylation sites (tertiary alicyclic amines) is 1. The number of nitrogens with zero attached hydrogens (tertiary/aromatic N) is 4. The van der Waals surface area contributed by atoms with Gasteiger partial charge in [-0.15, -0.1) is 0 Å². The molecule has 0 saturated carbocycles. The summed E-state index contributed by atoms with van der Waals surface area (Å²) in [5.41, 5.74) is 0.472. The monoisotopic (exact) mass is 553 g/mol. The van der Waals surface area contributed by atoms with E-state index in [1.165, 1.54) is 24.1 Å². The van der Waals surface area contributed by atoms with Gasteiger partial charge in [0.2, 0.25) is 11.8 Å². The molecule has 2 aliphatic rings. The van der Waals surface area contributed by atoms with E-state index in [1.54, 1.807) is 47.6 Å². The number of amides is 2. The maximum absolute atomic E-state index is 13.8. The molecule has 3 atom stereocenters. The lowest BCUT2D eigenvalue weighted by Crippen LogP contribution is -2.43. The van der Waals surface area contributed by atoms with E-state index in [1.807, 2.05) is 0 Å². The lowest BCUT2D eigenvalue weighted by Gasteiger charge is -2.32. The number of nitrogens with one attached hydrogen (secondary N) is 1. The Kier molecular flexibility index (Phi) is 8.74. The zero-order valence-corrected chi connectivity index (χ0v) is 22.2. The molecule has 2 fully saturated rings. The number of aromatic nitrogens is 3. The first-order chi connectivity index (χ1) is 19.5. The summed E-state index contributed by atoms with van der Waals surface area (Å²) < 4.78 is 37.6. The van der Waals surface area contributed by atoms with Gasteiger partial charge in [0.05, 0.1) is 32.2 Å². The van der Waals surface area contributed by atoms with Gasteiger partial charge in [-0.2, -0.15) is 5.10 Å². The number of pyridine rings is 1. The van der Waals surface area contributed by atoms with Crippen LogP contribution in [-0.2, 0) is 20.9 Å². The number of hydrogen-bond donors (Lipinski definition) is 1. The number of ether oxygens (including phenoxy) is 4. The fraction of sp³-hybridized carbons (Fsp3) is 0.429. The molecule has 2 aliphatic heterocycles. The molecule has 2 saturated heterocycles. The first-order valence-corrected chi connectivity index (χ1v) is 13.2. The first kappa shape index (κ1) is 27.4. The van der Waals surface area contributed by atoms with Gasteiger partial charge in [-0.25, -0.2) is 9.37 Å². The number of hydrogen-bond acceptors (Lipinski definition) is 8. The van der Waals surface area contributed by atoms with Crippen molar-refractivity contribution in [3.05, 3.63) is 60.8 Å². The second-order valence-electron chi connectivity index (χ2n) is 9.84. The molecular weight excluding hydrogens is 521 g/mol. The van der Waals surface area contributed by atoms with E-state index in [-0.39, 0.29) is 42.7 Å². The third-order valence-corrected chi connectivity index (χ3v) is 6.85. The van der Waals surface area contributed by atoms with Gasteiger partial charge in [-0.05, 0) is 31.0 Å². The number of anilines is 1. The van der Waals surface area contributed by atoms with E-state index >= 15 is 0 Å². The van der Waals surface area contributed by atoms with E-state index in [2.05, 4.69) is 15.4 Å². The van der Waals surface area contributed by atoms with E-state index in [0.717, 1.165) is 12.8 Å². The summed E-state index contributed by atoms with van der Waals surface area (Å²) in [4.78, 5) is 31.5. The molecule has 2 aromatic heterocycles. The maximum atomic E-state index is 13.8. The molecule has 1 N–H and O–H groups in total. The van der Waals surface area contributed by atoms with Crippen molar-refractivity contribution in [1.29, 1.82) is 0 Å². The first-order valence-electron chi connectivity index (χ1n) is 13.2. The van der Waals surface area contributed by atoms with Crippen molar-refractivity contribution in [3.8, 4) is 17.4 Å². The predicted molar refractivity (Wildman–Crippen MR) is 142 cm³/mol. The van der Waals surface area contributed by atoms with Crippen LogP contribution in [0.25, 0.3) is 0 Å². The lowest BCUT2D eigenvalue weighted by molar-refractivity contribution is -0.134. The molecule has 1 unspecified atom stereocenters.